The zero-order chi connectivity index (χ0) is 13.9. The summed E-state index contributed by atoms with van der Waals surface area (Å²) in [7, 11) is 0. The van der Waals surface area contributed by atoms with Crippen molar-refractivity contribution in [2.75, 3.05) is 0 Å². The fourth-order valence-corrected chi connectivity index (χ4v) is 3.30. The molecule has 1 aromatic heterocycles. The van der Waals surface area contributed by atoms with Crippen LogP contribution < -0.4 is 5.73 Å². The molecule has 2 atom stereocenters. The second kappa shape index (κ2) is 3.86. The molecule has 20 heavy (non-hydrogen) atoms. The first kappa shape index (κ1) is 12.0. The molecule has 0 radical (unpaired) electrons. The van der Waals surface area contributed by atoms with Crippen LogP contribution in [0, 0.1) is 11.3 Å². The molecule has 1 saturated carbocycles. The van der Waals surface area contributed by atoms with E-state index in [-0.39, 0.29) is 6.04 Å². The summed E-state index contributed by atoms with van der Waals surface area (Å²) in [6.45, 7) is 4.59. The zero-order valence-corrected chi connectivity index (χ0v) is 11.9. The Morgan fingerprint density at radius 2 is 1.80 bits per heavy atom. The minimum absolute atomic E-state index is 0.128. The highest BCUT2D eigenvalue weighted by Crippen LogP contribution is 2.57. The Hall–Kier alpha value is -1.80. The van der Waals surface area contributed by atoms with Gasteiger partial charge < -0.3 is 10.2 Å². The topological polar surface area (TPSA) is 39.2 Å². The maximum absolute atomic E-state index is 6.45. The summed E-state index contributed by atoms with van der Waals surface area (Å²) >= 11 is 0. The lowest BCUT2D eigenvalue weighted by Gasteiger charge is -2.13. The minimum Gasteiger partial charge on any atom is -0.456 e. The molecule has 1 fully saturated rings. The molecule has 0 saturated heterocycles. The Labute approximate surface area is 118 Å². The van der Waals surface area contributed by atoms with Gasteiger partial charge in [-0.3, -0.25) is 0 Å². The molecule has 0 bridgehead atoms. The first-order chi connectivity index (χ1) is 9.56. The van der Waals surface area contributed by atoms with Crippen molar-refractivity contribution in [1.29, 1.82) is 0 Å². The Morgan fingerprint density at radius 3 is 2.55 bits per heavy atom. The number of benzene rings is 2. The van der Waals surface area contributed by atoms with Gasteiger partial charge in [0.05, 0.1) is 0 Å². The van der Waals surface area contributed by atoms with E-state index >= 15 is 0 Å². The molecule has 1 heterocycles. The van der Waals surface area contributed by atoms with E-state index in [4.69, 9.17) is 10.2 Å². The van der Waals surface area contributed by atoms with Gasteiger partial charge in [0, 0.05) is 16.8 Å². The number of para-hydroxylation sites is 1. The lowest BCUT2D eigenvalue weighted by molar-refractivity contribution is 0.491. The van der Waals surface area contributed by atoms with Crippen LogP contribution in [0.1, 0.15) is 31.9 Å². The van der Waals surface area contributed by atoms with Gasteiger partial charge in [-0.1, -0.05) is 38.1 Å². The highest BCUT2D eigenvalue weighted by atomic mass is 16.3. The summed E-state index contributed by atoms with van der Waals surface area (Å²) in [4.78, 5) is 0. The van der Waals surface area contributed by atoms with E-state index in [1.165, 1.54) is 22.8 Å². The number of hydrogen-bond donors (Lipinski definition) is 1. The number of hydrogen-bond acceptors (Lipinski definition) is 2. The Kier molecular flexibility index (Phi) is 2.31. The average molecular weight is 265 g/mol. The van der Waals surface area contributed by atoms with Gasteiger partial charge >= 0.3 is 0 Å². The summed E-state index contributed by atoms with van der Waals surface area (Å²) < 4.78 is 5.86. The van der Waals surface area contributed by atoms with E-state index in [9.17, 15) is 0 Å². The van der Waals surface area contributed by atoms with Crippen LogP contribution in [0.15, 0.2) is 46.9 Å². The number of nitrogens with two attached hydrogens (primary N) is 1. The van der Waals surface area contributed by atoms with E-state index in [1.54, 1.807) is 0 Å². The molecule has 4 rings (SSSR count). The standard InChI is InChI=1S/C18H19NO/c1-18(2)10-14(18)17(19)11-7-8-16-13(9-11)12-5-3-4-6-15(12)20-16/h3-9,14,17H,10,19H2,1-2H3. The number of rotatable bonds is 2. The van der Waals surface area contributed by atoms with Gasteiger partial charge in [-0.2, -0.15) is 0 Å². The minimum atomic E-state index is 0.128. The summed E-state index contributed by atoms with van der Waals surface area (Å²) in [6.07, 6.45) is 1.22. The van der Waals surface area contributed by atoms with E-state index < -0.39 is 0 Å². The predicted octanol–water partition coefficient (Wildman–Crippen LogP) is 4.63. The summed E-state index contributed by atoms with van der Waals surface area (Å²) in [5, 5.41) is 2.35. The van der Waals surface area contributed by atoms with Crippen LogP contribution in [0.25, 0.3) is 21.9 Å². The quantitative estimate of drug-likeness (QED) is 0.733. The molecule has 2 nitrogen and oxygen atoms in total. The Bertz CT molecular complexity index is 799. The van der Waals surface area contributed by atoms with Crippen molar-refractivity contribution in [3.8, 4) is 0 Å². The van der Waals surface area contributed by atoms with Crippen LogP contribution in [0.5, 0.6) is 0 Å². The SMILES string of the molecule is CC1(C)CC1C(N)c1ccc2oc3ccccc3c2c1. The molecule has 3 aromatic rings. The zero-order valence-electron chi connectivity index (χ0n) is 11.9. The molecule has 0 spiro atoms. The molecule has 2 unspecified atom stereocenters. The third-order valence-electron chi connectivity index (χ3n) is 4.81. The second-order valence-electron chi connectivity index (χ2n) is 6.68. The van der Waals surface area contributed by atoms with Crippen molar-refractivity contribution in [2.24, 2.45) is 17.1 Å². The monoisotopic (exact) mass is 265 g/mol. The molecule has 1 aliphatic carbocycles. The molecule has 1 aliphatic rings. The highest BCUT2D eigenvalue weighted by Gasteiger charge is 2.49. The molecule has 2 heteroatoms. The predicted molar refractivity (Wildman–Crippen MR) is 82.5 cm³/mol. The van der Waals surface area contributed by atoms with Gasteiger partial charge in [0.1, 0.15) is 11.2 Å². The fraction of sp³-hybridized carbons (Fsp3) is 0.333. The van der Waals surface area contributed by atoms with Gasteiger partial charge in [-0.15, -0.1) is 0 Å². The van der Waals surface area contributed by atoms with Crippen LogP contribution in [0.4, 0.5) is 0 Å². The van der Waals surface area contributed by atoms with Crippen LogP contribution >= 0.6 is 0 Å². The van der Waals surface area contributed by atoms with Gasteiger partial charge in [-0.25, -0.2) is 0 Å². The lowest BCUT2D eigenvalue weighted by atomic mass is 9.96. The lowest BCUT2D eigenvalue weighted by Crippen LogP contribution is -2.15. The van der Waals surface area contributed by atoms with Crippen molar-refractivity contribution in [2.45, 2.75) is 26.3 Å². The largest absolute Gasteiger partial charge is 0.456 e. The van der Waals surface area contributed by atoms with Gasteiger partial charge in [-0.05, 0) is 41.5 Å². The highest BCUT2D eigenvalue weighted by molar-refractivity contribution is 6.05. The van der Waals surface area contributed by atoms with Gasteiger partial charge in [0.25, 0.3) is 0 Å². The van der Waals surface area contributed by atoms with E-state index in [0.717, 1.165) is 11.2 Å². The normalized spacial score (nSPS) is 22.2. The van der Waals surface area contributed by atoms with Crippen LogP contribution in [0.2, 0.25) is 0 Å². The molecule has 102 valence electrons. The Balaban J connectivity index is 1.84. The van der Waals surface area contributed by atoms with Gasteiger partial charge in [0.15, 0.2) is 0 Å². The first-order valence-corrected chi connectivity index (χ1v) is 7.23. The molecular weight excluding hydrogens is 246 g/mol. The number of fused-ring (bicyclic) bond motifs is 3. The van der Waals surface area contributed by atoms with Crippen molar-refractivity contribution < 1.29 is 4.42 Å². The van der Waals surface area contributed by atoms with E-state index in [1.807, 2.05) is 18.2 Å². The van der Waals surface area contributed by atoms with Crippen molar-refractivity contribution in [3.63, 3.8) is 0 Å². The first-order valence-electron chi connectivity index (χ1n) is 7.23. The Morgan fingerprint density at radius 1 is 1.10 bits per heavy atom. The second-order valence-corrected chi connectivity index (χ2v) is 6.68. The van der Waals surface area contributed by atoms with Crippen LogP contribution in [0.3, 0.4) is 0 Å². The molecule has 2 N–H and O–H groups in total. The van der Waals surface area contributed by atoms with Crippen molar-refractivity contribution >= 4 is 21.9 Å². The summed E-state index contributed by atoms with van der Waals surface area (Å²) in [5.41, 5.74) is 9.95. The smallest absolute Gasteiger partial charge is 0.135 e. The molecule has 0 aliphatic heterocycles. The third kappa shape index (κ3) is 1.68. The van der Waals surface area contributed by atoms with Crippen molar-refractivity contribution in [3.05, 3.63) is 48.0 Å². The maximum Gasteiger partial charge on any atom is 0.135 e. The summed E-state index contributed by atoms with van der Waals surface area (Å²) in [5.74, 6) is 0.595. The third-order valence-corrected chi connectivity index (χ3v) is 4.81. The summed E-state index contributed by atoms with van der Waals surface area (Å²) in [6, 6.07) is 14.7. The van der Waals surface area contributed by atoms with Crippen LogP contribution in [-0.4, -0.2) is 0 Å². The molecular formula is C18H19NO. The molecule has 2 aromatic carbocycles. The van der Waals surface area contributed by atoms with Crippen LogP contribution in [-0.2, 0) is 0 Å². The van der Waals surface area contributed by atoms with Crippen molar-refractivity contribution in [1.82, 2.24) is 0 Å². The number of furan rings is 1. The maximum atomic E-state index is 6.45. The van der Waals surface area contributed by atoms with E-state index in [2.05, 4.69) is 38.1 Å². The van der Waals surface area contributed by atoms with Gasteiger partial charge in [0.2, 0.25) is 0 Å². The average Bonchev–Trinajstić information content (AvgIpc) is 2.93. The fourth-order valence-electron chi connectivity index (χ4n) is 3.30. The molecule has 0 amide bonds. The van der Waals surface area contributed by atoms with E-state index in [0.29, 0.717) is 11.3 Å².